The smallest absolute Gasteiger partial charge is 0.193 e. The van der Waals surface area contributed by atoms with Gasteiger partial charge in [0.05, 0.1) is 23.5 Å². The third kappa shape index (κ3) is 4.79. The van der Waals surface area contributed by atoms with Crippen LogP contribution in [0.3, 0.4) is 0 Å². The first kappa shape index (κ1) is 18.3. The Bertz CT molecular complexity index is 717. The first-order valence-corrected chi connectivity index (χ1v) is 9.13. The van der Waals surface area contributed by atoms with Crippen LogP contribution in [0.1, 0.15) is 0 Å². The Morgan fingerprint density at radius 2 is 2.00 bits per heavy atom. The molecule has 2 aromatic rings. The summed E-state index contributed by atoms with van der Waals surface area (Å²) in [6.45, 7) is 4.87. The maximum absolute atomic E-state index is 6.31. The lowest BCUT2D eigenvalue weighted by Gasteiger charge is -2.38. The summed E-state index contributed by atoms with van der Waals surface area (Å²) in [6.07, 6.45) is 3.44. The lowest BCUT2D eigenvalue weighted by atomic mass is 10.2. The molecule has 2 heterocycles. The normalized spacial score (nSPS) is 15.1. The fraction of sp³-hybridized carbons (Fsp3) is 0.368. The van der Waals surface area contributed by atoms with Gasteiger partial charge in [-0.25, -0.2) is 0 Å². The molecule has 0 saturated carbocycles. The van der Waals surface area contributed by atoms with E-state index in [2.05, 4.69) is 31.2 Å². The minimum atomic E-state index is 0.560. The van der Waals surface area contributed by atoms with Crippen molar-refractivity contribution in [1.82, 2.24) is 15.2 Å². The lowest BCUT2D eigenvalue weighted by molar-refractivity contribution is 0.314. The van der Waals surface area contributed by atoms with E-state index in [1.165, 1.54) is 0 Å². The number of hydrogen-bond acceptors (Lipinski definition) is 4. The van der Waals surface area contributed by atoms with Crippen LogP contribution in [0.15, 0.2) is 53.8 Å². The van der Waals surface area contributed by atoms with Crippen molar-refractivity contribution in [3.63, 3.8) is 0 Å². The average Bonchev–Trinajstić information content (AvgIpc) is 2.70. The molecule has 0 atom stereocenters. The quantitative estimate of drug-likeness (QED) is 0.496. The predicted octanol–water partition coefficient (Wildman–Crippen LogP) is 2.51. The number of ether oxygens (including phenoxy) is 1. The average molecular weight is 374 g/mol. The van der Waals surface area contributed by atoms with Crippen LogP contribution in [-0.4, -0.2) is 62.2 Å². The van der Waals surface area contributed by atoms with E-state index in [9.17, 15) is 0 Å². The van der Waals surface area contributed by atoms with Gasteiger partial charge in [-0.15, -0.1) is 0 Å². The molecule has 1 aliphatic rings. The van der Waals surface area contributed by atoms with Crippen molar-refractivity contribution >= 4 is 23.2 Å². The molecule has 7 heteroatoms. The SMILES string of the molecule is CN=C(NCCOc1cccnc1)N1CCN(c2ccccc2Cl)CC1. The summed E-state index contributed by atoms with van der Waals surface area (Å²) in [4.78, 5) is 13.0. The Hall–Kier alpha value is -2.47. The van der Waals surface area contributed by atoms with E-state index in [1.807, 2.05) is 37.4 Å². The van der Waals surface area contributed by atoms with Crippen molar-refractivity contribution in [2.24, 2.45) is 4.99 Å². The molecule has 0 radical (unpaired) electrons. The zero-order chi connectivity index (χ0) is 18.2. The number of nitrogens with zero attached hydrogens (tertiary/aromatic N) is 4. The first-order chi connectivity index (χ1) is 12.8. The molecular formula is C19H24ClN5O. The summed E-state index contributed by atoms with van der Waals surface area (Å²) in [5, 5.41) is 4.16. The second kappa shape index (κ2) is 9.29. The molecule has 0 bridgehead atoms. The highest BCUT2D eigenvalue weighted by Gasteiger charge is 2.20. The van der Waals surface area contributed by atoms with Crippen molar-refractivity contribution in [3.05, 3.63) is 53.8 Å². The van der Waals surface area contributed by atoms with Crippen molar-refractivity contribution in [2.45, 2.75) is 0 Å². The number of halogens is 1. The molecule has 138 valence electrons. The summed E-state index contributed by atoms with van der Waals surface area (Å²) >= 11 is 6.31. The topological polar surface area (TPSA) is 53.0 Å². The van der Waals surface area contributed by atoms with Gasteiger partial charge in [0.1, 0.15) is 12.4 Å². The monoisotopic (exact) mass is 373 g/mol. The number of aromatic nitrogens is 1. The number of para-hydroxylation sites is 1. The zero-order valence-electron chi connectivity index (χ0n) is 14.9. The molecular weight excluding hydrogens is 350 g/mol. The van der Waals surface area contributed by atoms with Gasteiger partial charge in [-0.3, -0.25) is 9.98 Å². The van der Waals surface area contributed by atoms with Crippen LogP contribution in [0.4, 0.5) is 5.69 Å². The molecule has 1 aromatic carbocycles. The fourth-order valence-corrected chi connectivity index (χ4v) is 3.22. The minimum Gasteiger partial charge on any atom is -0.490 e. The maximum Gasteiger partial charge on any atom is 0.193 e. The molecule has 0 aliphatic carbocycles. The first-order valence-electron chi connectivity index (χ1n) is 8.76. The van der Waals surface area contributed by atoms with Crippen LogP contribution in [0.5, 0.6) is 5.75 Å². The molecule has 1 fully saturated rings. The van der Waals surface area contributed by atoms with E-state index in [-0.39, 0.29) is 0 Å². The van der Waals surface area contributed by atoms with Crippen molar-refractivity contribution in [2.75, 3.05) is 51.3 Å². The molecule has 1 aromatic heterocycles. The largest absolute Gasteiger partial charge is 0.490 e. The number of piperazine rings is 1. The predicted molar refractivity (Wildman–Crippen MR) is 106 cm³/mol. The lowest BCUT2D eigenvalue weighted by Crippen LogP contribution is -2.53. The third-order valence-electron chi connectivity index (χ3n) is 4.27. The summed E-state index contributed by atoms with van der Waals surface area (Å²) in [5.41, 5.74) is 1.10. The van der Waals surface area contributed by atoms with Gasteiger partial charge in [0.25, 0.3) is 0 Å². The van der Waals surface area contributed by atoms with Crippen LogP contribution < -0.4 is 15.0 Å². The summed E-state index contributed by atoms with van der Waals surface area (Å²) < 4.78 is 5.65. The Balaban J connectivity index is 1.44. The number of pyridine rings is 1. The van der Waals surface area contributed by atoms with E-state index < -0.39 is 0 Å². The highest BCUT2D eigenvalue weighted by Crippen LogP contribution is 2.25. The number of aliphatic imine (C=N–C) groups is 1. The molecule has 0 unspecified atom stereocenters. The van der Waals surface area contributed by atoms with Crippen molar-refractivity contribution < 1.29 is 4.74 Å². The molecule has 1 saturated heterocycles. The number of hydrogen-bond donors (Lipinski definition) is 1. The van der Waals surface area contributed by atoms with Gasteiger partial charge in [-0.1, -0.05) is 23.7 Å². The number of rotatable bonds is 5. The Morgan fingerprint density at radius 3 is 2.69 bits per heavy atom. The van der Waals surface area contributed by atoms with Crippen LogP contribution in [0.2, 0.25) is 5.02 Å². The molecule has 6 nitrogen and oxygen atoms in total. The number of benzene rings is 1. The number of guanidine groups is 1. The molecule has 3 rings (SSSR count). The van der Waals surface area contributed by atoms with E-state index >= 15 is 0 Å². The van der Waals surface area contributed by atoms with E-state index in [0.29, 0.717) is 13.2 Å². The number of anilines is 1. The Labute approximate surface area is 159 Å². The Morgan fingerprint density at radius 1 is 1.19 bits per heavy atom. The molecule has 1 N–H and O–H groups in total. The highest BCUT2D eigenvalue weighted by molar-refractivity contribution is 6.33. The van der Waals surface area contributed by atoms with Gasteiger partial charge in [0.15, 0.2) is 5.96 Å². The second-order valence-electron chi connectivity index (χ2n) is 5.94. The van der Waals surface area contributed by atoms with Crippen LogP contribution in [-0.2, 0) is 0 Å². The number of nitrogens with one attached hydrogen (secondary N) is 1. The van der Waals surface area contributed by atoms with Crippen molar-refractivity contribution in [1.29, 1.82) is 0 Å². The summed E-state index contributed by atoms with van der Waals surface area (Å²) in [6, 6.07) is 11.8. The fourth-order valence-electron chi connectivity index (χ4n) is 2.96. The Kier molecular flexibility index (Phi) is 6.55. The summed E-state index contributed by atoms with van der Waals surface area (Å²) in [7, 11) is 1.81. The van der Waals surface area contributed by atoms with Gasteiger partial charge in [0, 0.05) is 39.4 Å². The maximum atomic E-state index is 6.31. The van der Waals surface area contributed by atoms with Gasteiger partial charge in [-0.05, 0) is 24.3 Å². The molecule has 0 spiro atoms. The van der Waals surface area contributed by atoms with Gasteiger partial charge >= 0.3 is 0 Å². The molecule has 26 heavy (non-hydrogen) atoms. The third-order valence-corrected chi connectivity index (χ3v) is 4.59. The summed E-state index contributed by atoms with van der Waals surface area (Å²) in [5.74, 6) is 1.68. The van der Waals surface area contributed by atoms with E-state index in [4.69, 9.17) is 16.3 Å². The molecule has 0 amide bonds. The highest BCUT2D eigenvalue weighted by atomic mass is 35.5. The standard InChI is InChI=1S/C19H24ClN5O/c1-21-19(23-9-14-26-16-5-4-8-22-15-16)25-12-10-24(11-13-25)18-7-3-2-6-17(18)20/h2-8,15H,9-14H2,1H3,(H,21,23). The van der Waals surface area contributed by atoms with Gasteiger partial charge in [0.2, 0.25) is 0 Å². The van der Waals surface area contributed by atoms with Crippen LogP contribution >= 0.6 is 11.6 Å². The van der Waals surface area contributed by atoms with Crippen LogP contribution in [0, 0.1) is 0 Å². The molecule has 1 aliphatic heterocycles. The minimum absolute atomic E-state index is 0.560. The zero-order valence-corrected chi connectivity index (χ0v) is 15.7. The van der Waals surface area contributed by atoms with Gasteiger partial charge < -0.3 is 19.9 Å². The second-order valence-corrected chi connectivity index (χ2v) is 6.34. The van der Waals surface area contributed by atoms with Crippen LogP contribution in [0.25, 0.3) is 0 Å². The van der Waals surface area contributed by atoms with Gasteiger partial charge in [-0.2, -0.15) is 0 Å². The van der Waals surface area contributed by atoms with E-state index in [1.54, 1.807) is 12.4 Å². The van der Waals surface area contributed by atoms with E-state index in [0.717, 1.165) is 48.6 Å². The van der Waals surface area contributed by atoms with Crippen molar-refractivity contribution in [3.8, 4) is 5.75 Å².